The van der Waals surface area contributed by atoms with Gasteiger partial charge in [-0.15, -0.1) is 0 Å². The van der Waals surface area contributed by atoms with Crippen LogP contribution in [0.15, 0.2) is 4.52 Å². The molecule has 0 aromatic carbocycles. The minimum atomic E-state index is -0.735. The van der Waals surface area contributed by atoms with Gasteiger partial charge in [-0.2, -0.15) is 4.98 Å². The number of carbonyl (C=O) groups excluding carboxylic acids is 2. The van der Waals surface area contributed by atoms with Crippen molar-refractivity contribution in [1.82, 2.24) is 20.4 Å². The Kier molecular flexibility index (Phi) is 5.06. The Hall–Kier alpha value is -1.92. The zero-order valence-electron chi connectivity index (χ0n) is 14.5. The molecule has 2 heterocycles. The molecule has 1 saturated heterocycles. The van der Waals surface area contributed by atoms with Crippen molar-refractivity contribution in [2.75, 3.05) is 6.54 Å². The van der Waals surface area contributed by atoms with E-state index in [0.717, 1.165) is 12.8 Å². The molecule has 7 nitrogen and oxygen atoms in total. The molecule has 1 N–H and O–H groups in total. The number of carbonyl (C=O) groups is 2. The van der Waals surface area contributed by atoms with E-state index in [2.05, 4.69) is 15.5 Å². The number of nitrogens with one attached hydrogen (secondary N) is 1. The maximum Gasteiger partial charge on any atom is 0.226 e. The van der Waals surface area contributed by atoms with E-state index in [4.69, 9.17) is 4.52 Å². The highest BCUT2D eigenvalue weighted by atomic mass is 16.5. The minimum Gasteiger partial charge on any atom is -0.343 e. The molecule has 0 aliphatic carbocycles. The van der Waals surface area contributed by atoms with E-state index >= 15 is 0 Å². The van der Waals surface area contributed by atoms with Gasteiger partial charge in [-0.25, -0.2) is 0 Å². The summed E-state index contributed by atoms with van der Waals surface area (Å²) in [6, 6.07) is 0.113. The van der Waals surface area contributed by atoms with E-state index in [1.165, 1.54) is 0 Å². The first kappa shape index (κ1) is 17.4. The van der Waals surface area contributed by atoms with E-state index < -0.39 is 5.54 Å². The van der Waals surface area contributed by atoms with Crippen LogP contribution in [0.4, 0.5) is 0 Å². The van der Waals surface area contributed by atoms with Crippen LogP contribution in [0.5, 0.6) is 0 Å². The fourth-order valence-electron chi connectivity index (χ4n) is 2.70. The molecule has 0 radical (unpaired) electrons. The summed E-state index contributed by atoms with van der Waals surface area (Å²) in [7, 11) is 0. The molecule has 1 atom stereocenters. The molecule has 128 valence electrons. The molecule has 1 fully saturated rings. The predicted molar refractivity (Wildman–Crippen MR) is 84.4 cm³/mol. The van der Waals surface area contributed by atoms with Crippen LogP contribution in [0.3, 0.4) is 0 Å². The first-order valence-electron chi connectivity index (χ1n) is 8.19. The molecule has 0 bridgehead atoms. The first-order valence-corrected chi connectivity index (χ1v) is 8.19. The SMILES string of the molecule is CCCc1nc(C(C)(C)NC(=O)C2CC(=O)N(C(C)C)C2)no1. The Morgan fingerprint density at radius 3 is 2.74 bits per heavy atom. The Bertz CT molecular complexity index is 580. The van der Waals surface area contributed by atoms with Crippen molar-refractivity contribution in [3.05, 3.63) is 11.7 Å². The Balaban J connectivity index is 2.02. The van der Waals surface area contributed by atoms with Crippen LogP contribution < -0.4 is 5.32 Å². The number of aryl methyl sites for hydroxylation is 1. The molecule has 1 unspecified atom stereocenters. The molecular formula is C16H26N4O3. The van der Waals surface area contributed by atoms with Gasteiger partial charge in [0.25, 0.3) is 0 Å². The minimum absolute atomic E-state index is 0.0303. The van der Waals surface area contributed by atoms with E-state index in [1.54, 1.807) is 4.90 Å². The van der Waals surface area contributed by atoms with Gasteiger partial charge in [0.1, 0.15) is 0 Å². The average molecular weight is 322 g/mol. The quantitative estimate of drug-likeness (QED) is 0.860. The van der Waals surface area contributed by atoms with Crippen molar-refractivity contribution in [2.45, 2.75) is 65.5 Å². The van der Waals surface area contributed by atoms with E-state index in [0.29, 0.717) is 18.3 Å². The van der Waals surface area contributed by atoms with Crippen LogP contribution in [-0.4, -0.2) is 39.4 Å². The van der Waals surface area contributed by atoms with Gasteiger partial charge in [-0.1, -0.05) is 12.1 Å². The van der Waals surface area contributed by atoms with Crippen molar-refractivity contribution in [2.24, 2.45) is 5.92 Å². The number of aromatic nitrogens is 2. The van der Waals surface area contributed by atoms with Crippen LogP contribution in [0.2, 0.25) is 0 Å². The summed E-state index contributed by atoms with van der Waals surface area (Å²) in [6.45, 7) is 10.1. The molecular weight excluding hydrogens is 296 g/mol. The van der Waals surface area contributed by atoms with Gasteiger partial charge < -0.3 is 14.7 Å². The summed E-state index contributed by atoms with van der Waals surface area (Å²) in [5, 5.41) is 6.91. The molecule has 2 amide bonds. The lowest BCUT2D eigenvalue weighted by Crippen LogP contribution is -2.45. The molecule has 2 rings (SSSR count). The summed E-state index contributed by atoms with van der Waals surface area (Å²) in [4.78, 5) is 30.5. The number of rotatable bonds is 6. The topological polar surface area (TPSA) is 88.3 Å². The second-order valence-corrected chi connectivity index (χ2v) is 6.92. The fraction of sp³-hybridized carbons (Fsp3) is 0.750. The normalized spacial score (nSPS) is 18.8. The maximum absolute atomic E-state index is 12.5. The standard InChI is InChI=1S/C16H26N4O3/c1-6-7-12-17-15(19-23-12)16(4,5)18-14(22)11-8-13(21)20(9-11)10(2)3/h10-11H,6-9H2,1-5H3,(H,18,22). The van der Waals surface area contributed by atoms with E-state index in [1.807, 2.05) is 34.6 Å². The molecule has 1 aromatic rings. The van der Waals surface area contributed by atoms with Gasteiger partial charge in [0.2, 0.25) is 17.7 Å². The average Bonchev–Trinajstić information content (AvgIpc) is 3.05. The van der Waals surface area contributed by atoms with Crippen molar-refractivity contribution in [3.63, 3.8) is 0 Å². The van der Waals surface area contributed by atoms with Gasteiger partial charge in [-0.3, -0.25) is 9.59 Å². The van der Waals surface area contributed by atoms with Gasteiger partial charge in [-0.05, 0) is 34.1 Å². The van der Waals surface area contributed by atoms with E-state index in [9.17, 15) is 9.59 Å². The smallest absolute Gasteiger partial charge is 0.226 e. The summed E-state index contributed by atoms with van der Waals surface area (Å²) in [5.74, 6) is 0.591. The van der Waals surface area contributed by atoms with Gasteiger partial charge in [0, 0.05) is 25.4 Å². The molecule has 0 saturated carbocycles. The summed E-state index contributed by atoms with van der Waals surface area (Å²) in [6.07, 6.45) is 1.90. The highest BCUT2D eigenvalue weighted by Crippen LogP contribution is 2.23. The third-order valence-corrected chi connectivity index (χ3v) is 4.08. The lowest BCUT2D eigenvalue weighted by Gasteiger charge is -2.25. The van der Waals surface area contributed by atoms with E-state index in [-0.39, 0.29) is 30.2 Å². The summed E-state index contributed by atoms with van der Waals surface area (Å²) in [5.41, 5.74) is -0.735. The van der Waals surface area contributed by atoms with Crippen molar-refractivity contribution >= 4 is 11.8 Å². The molecule has 7 heteroatoms. The van der Waals surface area contributed by atoms with Crippen LogP contribution in [0.25, 0.3) is 0 Å². The molecule has 0 spiro atoms. The highest BCUT2D eigenvalue weighted by Gasteiger charge is 2.38. The lowest BCUT2D eigenvalue weighted by atomic mass is 10.0. The monoisotopic (exact) mass is 322 g/mol. The van der Waals surface area contributed by atoms with Gasteiger partial charge >= 0.3 is 0 Å². The van der Waals surface area contributed by atoms with Crippen LogP contribution in [-0.2, 0) is 21.5 Å². The van der Waals surface area contributed by atoms with Crippen LogP contribution in [0.1, 0.15) is 59.2 Å². The number of nitrogens with zero attached hydrogens (tertiary/aromatic N) is 3. The largest absolute Gasteiger partial charge is 0.343 e. The molecule has 1 aliphatic rings. The molecule has 23 heavy (non-hydrogen) atoms. The van der Waals surface area contributed by atoms with Crippen LogP contribution >= 0.6 is 0 Å². The van der Waals surface area contributed by atoms with Crippen molar-refractivity contribution < 1.29 is 14.1 Å². The number of hydrogen-bond donors (Lipinski definition) is 1. The Morgan fingerprint density at radius 1 is 1.48 bits per heavy atom. The summed E-state index contributed by atoms with van der Waals surface area (Å²) < 4.78 is 5.19. The number of hydrogen-bond acceptors (Lipinski definition) is 5. The van der Waals surface area contributed by atoms with Crippen molar-refractivity contribution in [3.8, 4) is 0 Å². The molecule has 1 aliphatic heterocycles. The Labute approximate surface area is 136 Å². The Morgan fingerprint density at radius 2 is 2.17 bits per heavy atom. The van der Waals surface area contributed by atoms with Crippen molar-refractivity contribution in [1.29, 1.82) is 0 Å². The predicted octanol–water partition coefficient (Wildman–Crippen LogP) is 1.63. The third kappa shape index (κ3) is 3.89. The third-order valence-electron chi connectivity index (χ3n) is 4.08. The highest BCUT2D eigenvalue weighted by molar-refractivity contribution is 5.89. The second-order valence-electron chi connectivity index (χ2n) is 6.92. The summed E-state index contributed by atoms with van der Waals surface area (Å²) >= 11 is 0. The molecule has 1 aromatic heterocycles. The fourth-order valence-corrected chi connectivity index (χ4v) is 2.70. The van der Waals surface area contributed by atoms with Gasteiger partial charge in [0.15, 0.2) is 5.82 Å². The first-order chi connectivity index (χ1) is 10.7. The number of likely N-dealkylation sites (tertiary alicyclic amines) is 1. The zero-order chi connectivity index (χ0) is 17.2. The number of amides is 2. The zero-order valence-corrected chi connectivity index (χ0v) is 14.5. The lowest BCUT2D eigenvalue weighted by molar-refractivity contribution is -0.130. The van der Waals surface area contributed by atoms with Gasteiger partial charge in [0.05, 0.1) is 11.5 Å². The maximum atomic E-state index is 12.5. The van der Waals surface area contributed by atoms with Crippen LogP contribution in [0, 0.1) is 5.92 Å². The second kappa shape index (κ2) is 6.68.